The number of esters is 1. The average Bonchev–Trinajstić information content (AvgIpc) is 3.41. The summed E-state index contributed by atoms with van der Waals surface area (Å²) in [6, 6.07) is 12.2. The molecule has 2 aromatic heterocycles. The average molecular weight is 444 g/mol. The summed E-state index contributed by atoms with van der Waals surface area (Å²) in [5, 5.41) is 4.45. The molecular weight excluding hydrogens is 420 g/mol. The number of ether oxygens (including phenoxy) is 1. The first-order chi connectivity index (χ1) is 16.0. The van der Waals surface area contributed by atoms with Crippen LogP contribution in [0.25, 0.3) is 21.9 Å². The first-order valence-corrected chi connectivity index (χ1v) is 11.0. The van der Waals surface area contributed by atoms with Crippen LogP contribution in [0.3, 0.4) is 0 Å². The van der Waals surface area contributed by atoms with Gasteiger partial charge in [0.25, 0.3) is 0 Å². The molecule has 5 rings (SSSR count). The molecule has 0 aliphatic heterocycles. The summed E-state index contributed by atoms with van der Waals surface area (Å²) in [6.07, 6.45) is 5.16. The largest absolute Gasteiger partial charge is 0.459 e. The quantitative estimate of drug-likeness (QED) is 0.350. The Kier molecular flexibility index (Phi) is 5.46. The topological polar surface area (TPSA) is 101 Å². The van der Waals surface area contributed by atoms with Gasteiger partial charge < -0.3 is 19.5 Å². The second-order valence-corrected chi connectivity index (χ2v) is 8.49. The van der Waals surface area contributed by atoms with Crippen molar-refractivity contribution in [2.75, 3.05) is 0 Å². The zero-order valence-corrected chi connectivity index (χ0v) is 18.3. The zero-order valence-electron chi connectivity index (χ0n) is 18.3. The van der Waals surface area contributed by atoms with Crippen LogP contribution in [-0.4, -0.2) is 22.9 Å². The summed E-state index contributed by atoms with van der Waals surface area (Å²) in [7, 11) is 0. The molecule has 2 aromatic carbocycles. The number of carbonyl (C=O) groups excluding carboxylic acids is 2. The smallest absolute Gasteiger partial charge is 0.336 e. The zero-order chi connectivity index (χ0) is 22.9. The van der Waals surface area contributed by atoms with E-state index >= 15 is 0 Å². The Bertz CT molecular complexity index is 1430. The number of para-hydroxylation sites is 1. The lowest BCUT2D eigenvalue weighted by Gasteiger charge is -2.17. The van der Waals surface area contributed by atoms with Crippen LogP contribution in [0.4, 0.5) is 0 Å². The van der Waals surface area contributed by atoms with Crippen LogP contribution in [0.15, 0.2) is 57.9 Å². The molecule has 1 atom stereocenters. The van der Waals surface area contributed by atoms with Crippen LogP contribution in [-0.2, 0) is 40.2 Å². The molecule has 1 unspecified atom stereocenters. The minimum atomic E-state index is -0.850. The molecule has 0 spiro atoms. The van der Waals surface area contributed by atoms with Crippen LogP contribution < -0.4 is 10.9 Å². The molecule has 1 aliphatic rings. The Balaban J connectivity index is 1.38. The van der Waals surface area contributed by atoms with Gasteiger partial charge in [-0.3, -0.25) is 4.79 Å². The van der Waals surface area contributed by atoms with E-state index in [0.717, 1.165) is 41.1 Å². The first kappa shape index (κ1) is 21.0. The molecule has 0 radical (unpaired) electrons. The minimum absolute atomic E-state index is 0.0797. The highest BCUT2D eigenvalue weighted by atomic mass is 16.5. The predicted molar refractivity (Wildman–Crippen MR) is 124 cm³/mol. The van der Waals surface area contributed by atoms with Crippen molar-refractivity contribution >= 4 is 33.7 Å². The predicted octanol–water partition coefficient (Wildman–Crippen LogP) is 3.55. The van der Waals surface area contributed by atoms with Crippen molar-refractivity contribution in [3.8, 4) is 0 Å². The van der Waals surface area contributed by atoms with Gasteiger partial charge in [-0.15, -0.1) is 0 Å². The lowest BCUT2D eigenvalue weighted by atomic mass is 10.0. The number of carbonyl (C=O) groups is 2. The van der Waals surface area contributed by atoms with Crippen LogP contribution in [0, 0.1) is 0 Å². The van der Waals surface area contributed by atoms with E-state index in [1.807, 2.05) is 42.6 Å². The highest BCUT2D eigenvalue weighted by Crippen LogP contribution is 2.29. The molecule has 4 aromatic rings. The van der Waals surface area contributed by atoms with Gasteiger partial charge in [0.1, 0.15) is 18.2 Å². The van der Waals surface area contributed by atoms with E-state index in [0.29, 0.717) is 11.1 Å². The number of amides is 1. The minimum Gasteiger partial charge on any atom is -0.459 e. The highest BCUT2D eigenvalue weighted by molar-refractivity contribution is 5.87. The number of aromatic nitrogens is 1. The van der Waals surface area contributed by atoms with Crippen molar-refractivity contribution in [1.29, 1.82) is 0 Å². The van der Waals surface area contributed by atoms with Crippen molar-refractivity contribution in [3.05, 3.63) is 81.3 Å². The maximum atomic E-state index is 13.0. The number of nitrogens with one attached hydrogen (secondary N) is 2. The Morgan fingerprint density at radius 2 is 1.88 bits per heavy atom. The van der Waals surface area contributed by atoms with E-state index in [9.17, 15) is 14.4 Å². The summed E-state index contributed by atoms with van der Waals surface area (Å²) >= 11 is 0. The number of rotatable bonds is 6. The van der Waals surface area contributed by atoms with E-state index in [-0.39, 0.29) is 18.9 Å². The fourth-order valence-corrected chi connectivity index (χ4v) is 4.62. The van der Waals surface area contributed by atoms with Gasteiger partial charge in [-0.05, 0) is 54.2 Å². The van der Waals surface area contributed by atoms with Gasteiger partial charge in [0, 0.05) is 47.5 Å². The molecule has 7 heteroatoms. The molecule has 0 bridgehead atoms. The standard InChI is InChI=1S/C26H24N2O5/c1-15(29)28-23(10-18-13-27-22-8-3-2-7-20(18)22)26(31)32-14-19-12-25(30)33-24-11-17-6-4-5-16(17)9-21(19)24/h2-3,7-9,11-13,23,27H,4-6,10,14H2,1H3,(H,28,29). The fraction of sp³-hybridized carbons (Fsp3) is 0.269. The van der Waals surface area contributed by atoms with Crippen LogP contribution in [0.1, 0.15) is 35.6 Å². The number of hydrogen-bond donors (Lipinski definition) is 2. The Morgan fingerprint density at radius 1 is 1.09 bits per heavy atom. The third kappa shape index (κ3) is 4.26. The lowest BCUT2D eigenvalue weighted by molar-refractivity contribution is -0.148. The van der Waals surface area contributed by atoms with Crippen LogP contribution in [0.5, 0.6) is 0 Å². The molecule has 7 nitrogen and oxygen atoms in total. The second kappa shape index (κ2) is 8.58. The number of fused-ring (bicyclic) bond motifs is 3. The van der Waals surface area contributed by atoms with Crippen molar-refractivity contribution in [2.45, 2.75) is 45.3 Å². The fourth-order valence-electron chi connectivity index (χ4n) is 4.62. The van der Waals surface area contributed by atoms with E-state index in [4.69, 9.17) is 9.15 Å². The number of aryl methyl sites for hydroxylation is 2. The third-order valence-electron chi connectivity index (χ3n) is 6.17. The van der Waals surface area contributed by atoms with Gasteiger partial charge in [-0.1, -0.05) is 18.2 Å². The van der Waals surface area contributed by atoms with Crippen molar-refractivity contribution in [3.63, 3.8) is 0 Å². The summed E-state index contributed by atoms with van der Waals surface area (Å²) in [4.78, 5) is 40.0. The van der Waals surface area contributed by atoms with Crippen LogP contribution >= 0.6 is 0 Å². The van der Waals surface area contributed by atoms with Gasteiger partial charge in [0.2, 0.25) is 5.91 Å². The van der Waals surface area contributed by atoms with Crippen molar-refractivity contribution in [1.82, 2.24) is 10.3 Å². The summed E-state index contributed by atoms with van der Waals surface area (Å²) < 4.78 is 11.0. The Labute approximate surface area is 189 Å². The van der Waals surface area contributed by atoms with Crippen LogP contribution in [0.2, 0.25) is 0 Å². The Hall–Kier alpha value is -3.87. The van der Waals surface area contributed by atoms with E-state index < -0.39 is 17.6 Å². The second-order valence-electron chi connectivity index (χ2n) is 8.49. The van der Waals surface area contributed by atoms with E-state index in [2.05, 4.69) is 10.3 Å². The lowest BCUT2D eigenvalue weighted by Crippen LogP contribution is -2.42. The summed E-state index contributed by atoms with van der Waals surface area (Å²) in [5.74, 6) is -0.879. The summed E-state index contributed by atoms with van der Waals surface area (Å²) in [6.45, 7) is 1.29. The third-order valence-corrected chi connectivity index (χ3v) is 6.17. The van der Waals surface area contributed by atoms with Crippen molar-refractivity contribution in [2.24, 2.45) is 0 Å². The molecule has 1 amide bonds. The highest BCUT2D eigenvalue weighted by Gasteiger charge is 2.24. The molecule has 0 saturated heterocycles. The molecule has 2 N–H and O–H groups in total. The molecule has 33 heavy (non-hydrogen) atoms. The maximum absolute atomic E-state index is 13.0. The molecule has 0 saturated carbocycles. The molecule has 0 fully saturated rings. The maximum Gasteiger partial charge on any atom is 0.336 e. The van der Waals surface area contributed by atoms with E-state index in [1.165, 1.54) is 24.1 Å². The first-order valence-electron chi connectivity index (χ1n) is 11.0. The number of H-pyrrole nitrogens is 1. The van der Waals surface area contributed by atoms with Crippen molar-refractivity contribution < 1.29 is 18.7 Å². The van der Waals surface area contributed by atoms with E-state index in [1.54, 1.807) is 0 Å². The van der Waals surface area contributed by atoms with Gasteiger partial charge in [0.05, 0.1) is 0 Å². The number of benzene rings is 2. The Morgan fingerprint density at radius 3 is 2.70 bits per heavy atom. The normalized spacial score (nSPS) is 13.7. The molecule has 168 valence electrons. The van der Waals surface area contributed by atoms with Gasteiger partial charge in [-0.25, -0.2) is 9.59 Å². The number of aromatic amines is 1. The molecule has 2 heterocycles. The monoisotopic (exact) mass is 444 g/mol. The van der Waals surface area contributed by atoms with Gasteiger partial charge in [0.15, 0.2) is 0 Å². The number of hydrogen-bond acceptors (Lipinski definition) is 5. The van der Waals surface area contributed by atoms with Gasteiger partial charge in [-0.2, -0.15) is 0 Å². The molecule has 1 aliphatic carbocycles. The summed E-state index contributed by atoms with van der Waals surface area (Å²) in [5.41, 5.74) is 4.91. The SMILES string of the molecule is CC(=O)NC(Cc1c[nH]c2ccccc12)C(=O)OCc1cc(=O)oc2cc3c(cc12)CCC3. The van der Waals surface area contributed by atoms with Gasteiger partial charge >= 0.3 is 11.6 Å². The molecular formula is C26H24N2O5.